The molecule has 0 unspecified atom stereocenters. The third-order valence-corrected chi connectivity index (χ3v) is 7.87. The number of Topliss-reactive ketones (excluding diaryl/α,β-unsaturated/α-hetero) is 1. The Bertz CT molecular complexity index is 1040. The third-order valence-electron chi connectivity index (χ3n) is 7.87. The van der Waals surface area contributed by atoms with Gasteiger partial charge in [0.05, 0.1) is 25.7 Å². The highest BCUT2D eigenvalue weighted by atomic mass is 16.6. The number of aliphatic hydroxyl groups is 1. The van der Waals surface area contributed by atoms with Gasteiger partial charge in [-0.05, 0) is 79.1 Å². The molecule has 1 N–H and O–H groups in total. The molecule has 5 heteroatoms. The number of hydrogen-bond donors (Lipinski definition) is 1. The van der Waals surface area contributed by atoms with E-state index in [1.165, 1.54) is 0 Å². The van der Waals surface area contributed by atoms with E-state index in [9.17, 15) is 9.90 Å². The van der Waals surface area contributed by atoms with Crippen molar-refractivity contribution in [2.75, 3.05) is 14.2 Å². The Hall–Kier alpha value is -2.63. The number of rotatable bonds is 4. The van der Waals surface area contributed by atoms with Crippen molar-refractivity contribution in [1.82, 2.24) is 0 Å². The Morgan fingerprint density at radius 2 is 1.64 bits per heavy atom. The number of ketones is 1. The lowest BCUT2D eigenvalue weighted by atomic mass is 9.63. The molecule has 0 bridgehead atoms. The van der Waals surface area contributed by atoms with E-state index < -0.39 is 17.3 Å². The number of ether oxygens (including phenoxy) is 3. The molecule has 2 aliphatic carbocycles. The molecule has 2 aromatic carbocycles. The summed E-state index contributed by atoms with van der Waals surface area (Å²) in [4.78, 5) is 14.0. The Kier molecular flexibility index (Phi) is 5.79. The molecule has 174 valence electrons. The summed E-state index contributed by atoms with van der Waals surface area (Å²) in [5, 5.41) is 11.4. The number of carbonyl (C=O) groups is 1. The second kappa shape index (κ2) is 8.62. The molecule has 1 spiro atoms. The van der Waals surface area contributed by atoms with Crippen LogP contribution in [0.25, 0.3) is 6.08 Å². The van der Waals surface area contributed by atoms with Gasteiger partial charge < -0.3 is 19.3 Å². The molecule has 5 nitrogen and oxygen atoms in total. The second-order valence-corrected chi connectivity index (χ2v) is 9.69. The van der Waals surface area contributed by atoms with Crippen molar-refractivity contribution in [3.05, 3.63) is 65.2 Å². The molecule has 0 amide bonds. The summed E-state index contributed by atoms with van der Waals surface area (Å²) in [6.07, 6.45) is 7.19. The first-order chi connectivity index (χ1) is 16.0. The van der Waals surface area contributed by atoms with E-state index in [0.29, 0.717) is 19.3 Å². The summed E-state index contributed by atoms with van der Waals surface area (Å²) < 4.78 is 17.1. The molecular formula is C28H32O5. The summed E-state index contributed by atoms with van der Waals surface area (Å²) in [5.74, 6) is 0.548. The predicted molar refractivity (Wildman–Crippen MR) is 126 cm³/mol. The molecule has 33 heavy (non-hydrogen) atoms. The molecule has 3 aliphatic rings. The monoisotopic (exact) mass is 448 g/mol. The first-order valence-electron chi connectivity index (χ1n) is 11.9. The van der Waals surface area contributed by atoms with Gasteiger partial charge >= 0.3 is 0 Å². The van der Waals surface area contributed by atoms with Crippen LogP contribution in [0.4, 0.5) is 0 Å². The molecule has 1 heterocycles. The van der Waals surface area contributed by atoms with E-state index in [1.807, 2.05) is 54.6 Å². The molecule has 1 aliphatic heterocycles. The Morgan fingerprint density at radius 3 is 2.30 bits per heavy atom. The maximum Gasteiger partial charge on any atom is 0.169 e. The SMILES string of the molecule is COc1ccc(C=C2CC[C@]3(C[C@H]4CCCC[C@]4(O)O[C@@H]3c3ccc(OC)cc3)C2=O)cc1. The summed E-state index contributed by atoms with van der Waals surface area (Å²) in [6, 6.07) is 15.5. The van der Waals surface area contributed by atoms with Gasteiger partial charge in [0.15, 0.2) is 11.6 Å². The normalized spacial score (nSPS) is 32.7. The lowest BCUT2D eigenvalue weighted by molar-refractivity contribution is -0.323. The first-order valence-corrected chi connectivity index (χ1v) is 11.9. The van der Waals surface area contributed by atoms with E-state index in [4.69, 9.17) is 14.2 Å². The maximum atomic E-state index is 14.0. The van der Waals surface area contributed by atoms with E-state index >= 15 is 0 Å². The molecule has 0 aromatic heterocycles. The molecule has 2 saturated carbocycles. The molecule has 3 fully saturated rings. The van der Waals surface area contributed by atoms with Crippen LogP contribution in [0.2, 0.25) is 0 Å². The molecule has 5 rings (SSSR count). The van der Waals surface area contributed by atoms with Gasteiger partial charge in [-0.15, -0.1) is 0 Å². The van der Waals surface area contributed by atoms with Crippen molar-refractivity contribution >= 4 is 11.9 Å². The van der Waals surface area contributed by atoms with Crippen molar-refractivity contribution in [3.63, 3.8) is 0 Å². The van der Waals surface area contributed by atoms with Crippen molar-refractivity contribution < 1.29 is 24.1 Å². The van der Waals surface area contributed by atoms with Crippen molar-refractivity contribution in [1.29, 1.82) is 0 Å². The van der Waals surface area contributed by atoms with Crippen LogP contribution in [0.15, 0.2) is 54.1 Å². The molecule has 4 atom stereocenters. The molecule has 1 saturated heterocycles. The summed E-state index contributed by atoms with van der Waals surface area (Å²) in [6.45, 7) is 0. The first kappa shape index (κ1) is 22.2. The van der Waals surface area contributed by atoms with Crippen LogP contribution in [-0.2, 0) is 9.53 Å². The lowest BCUT2D eigenvalue weighted by Crippen LogP contribution is -2.55. The fourth-order valence-electron chi connectivity index (χ4n) is 6.03. The number of methoxy groups -OCH3 is 2. The summed E-state index contributed by atoms with van der Waals surface area (Å²) in [7, 11) is 3.28. The molecule has 2 aromatic rings. The molecular weight excluding hydrogens is 416 g/mol. The highest BCUT2D eigenvalue weighted by Crippen LogP contribution is 2.61. The van der Waals surface area contributed by atoms with Crippen LogP contribution < -0.4 is 9.47 Å². The number of benzene rings is 2. The Morgan fingerprint density at radius 1 is 0.970 bits per heavy atom. The van der Waals surface area contributed by atoms with E-state index in [0.717, 1.165) is 53.9 Å². The lowest BCUT2D eigenvalue weighted by Gasteiger charge is -2.53. The van der Waals surface area contributed by atoms with Crippen LogP contribution in [0.5, 0.6) is 11.5 Å². The van der Waals surface area contributed by atoms with Gasteiger partial charge in [-0.2, -0.15) is 0 Å². The third kappa shape index (κ3) is 3.87. The zero-order chi connectivity index (χ0) is 23.1. The van der Waals surface area contributed by atoms with Crippen molar-refractivity contribution in [2.24, 2.45) is 11.3 Å². The molecule has 0 radical (unpaired) electrons. The minimum atomic E-state index is -1.16. The summed E-state index contributed by atoms with van der Waals surface area (Å²) >= 11 is 0. The number of hydrogen-bond acceptors (Lipinski definition) is 5. The average Bonchev–Trinajstić information content (AvgIpc) is 3.15. The average molecular weight is 449 g/mol. The van der Waals surface area contributed by atoms with E-state index in [2.05, 4.69) is 0 Å². The smallest absolute Gasteiger partial charge is 0.169 e. The standard InChI is InChI=1S/C28H32O5/c1-31-23-10-6-19(7-11-23)17-21-14-16-27(25(21)29)18-22-5-3-4-15-28(22,30)33-26(27)20-8-12-24(32-2)13-9-20/h6-13,17,22,26,30H,3-5,14-16,18H2,1-2H3/t22-,26-,27+,28+/m1/s1. The predicted octanol–water partition coefficient (Wildman–Crippen LogP) is 5.48. The number of carbonyl (C=O) groups excluding carboxylic acids is 1. The summed E-state index contributed by atoms with van der Waals surface area (Å²) in [5.41, 5.74) is 2.10. The zero-order valence-electron chi connectivity index (χ0n) is 19.4. The zero-order valence-corrected chi connectivity index (χ0v) is 19.4. The van der Waals surface area contributed by atoms with Crippen LogP contribution in [0, 0.1) is 11.3 Å². The highest BCUT2D eigenvalue weighted by molar-refractivity contribution is 6.06. The van der Waals surface area contributed by atoms with E-state index in [-0.39, 0.29) is 11.7 Å². The quantitative estimate of drug-likeness (QED) is 0.628. The van der Waals surface area contributed by atoms with Gasteiger partial charge in [0.2, 0.25) is 0 Å². The van der Waals surface area contributed by atoms with Gasteiger partial charge in [-0.3, -0.25) is 4.79 Å². The van der Waals surface area contributed by atoms with Crippen LogP contribution in [-0.4, -0.2) is 30.9 Å². The highest BCUT2D eigenvalue weighted by Gasteiger charge is 2.61. The maximum absolute atomic E-state index is 14.0. The number of allylic oxidation sites excluding steroid dienone is 1. The van der Waals surface area contributed by atoms with Gasteiger partial charge in [-0.25, -0.2) is 0 Å². The minimum Gasteiger partial charge on any atom is -0.497 e. The van der Waals surface area contributed by atoms with Crippen LogP contribution >= 0.6 is 0 Å². The van der Waals surface area contributed by atoms with E-state index in [1.54, 1.807) is 14.2 Å². The number of fused-ring (bicyclic) bond motifs is 1. The topological polar surface area (TPSA) is 65.0 Å². The van der Waals surface area contributed by atoms with Gasteiger partial charge in [0.1, 0.15) is 11.5 Å². The fourth-order valence-corrected chi connectivity index (χ4v) is 6.03. The second-order valence-electron chi connectivity index (χ2n) is 9.69. The van der Waals surface area contributed by atoms with Crippen molar-refractivity contribution in [3.8, 4) is 11.5 Å². The minimum absolute atomic E-state index is 0.00923. The van der Waals surface area contributed by atoms with Crippen LogP contribution in [0.1, 0.15) is 62.2 Å². The van der Waals surface area contributed by atoms with Gasteiger partial charge in [0.25, 0.3) is 0 Å². The fraction of sp³-hybridized carbons (Fsp3) is 0.464. The van der Waals surface area contributed by atoms with Crippen LogP contribution in [0.3, 0.4) is 0 Å². The van der Waals surface area contributed by atoms with Crippen molar-refractivity contribution in [2.45, 2.75) is 56.8 Å². The largest absolute Gasteiger partial charge is 0.497 e. The van der Waals surface area contributed by atoms with Gasteiger partial charge in [-0.1, -0.05) is 30.7 Å². The van der Waals surface area contributed by atoms with Gasteiger partial charge in [0, 0.05) is 12.3 Å². The Labute approximate surface area is 195 Å². The Balaban J connectivity index is 1.52.